The zero-order valence-electron chi connectivity index (χ0n) is 34.8. The first-order valence-corrected chi connectivity index (χ1v) is 22.4. The van der Waals surface area contributed by atoms with Crippen LogP contribution < -0.4 is 0 Å². The second kappa shape index (κ2) is 12.0. The lowest BCUT2D eigenvalue weighted by Gasteiger charge is -2.14. The van der Waals surface area contributed by atoms with E-state index < -0.39 is 0 Å². The summed E-state index contributed by atoms with van der Waals surface area (Å²) in [6.45, 7) is 0. The van der Waals surface area contributed by atoms with Gasteiger partial charge in [0.05, 0.1) is 55.2 Å². The van der Waals surface area contributed by atoms with Crippen LogP contribution in [-0.4, -0.2) is 17.9 Å². The molecule has 0 unspecified atom stereocenters. The molecule has 300 valence electrons. The maximum absolute atomic E-state index is 6.55. The molecular formula is C60H34N4O. The molecule has 0 aliphatic carbocycles. The summed E-state index contributed by atoms with van der Waals surface area (Å²) in [5.74, 6) is 0. The SMILES string of the molecule is c1ccc(-n2c3ccccc3c3ccc4c(c5cccc6c5n4c4cccc5c7cc(-c8ccc9c(c8)oc8ccccc89)c8c9ccccc9n(-c9ccccc9)c8c7n6c54)c32)cc1. The van der Waals surface area contributed by atoms with E-state index in [0.29, 0.717) is 0 Å². The lowest BCUT2D eigenvalue weighted by Crippen LogP contribution is -1.99. The summed E-state index contributed by atoms with van der Waals surface area (Å²) in [4.78, 5) is 0. The van der Waals surface area contributed by atoms with Crippen molar-refractivity contribution in [1.29, 1.82) is 0 Å². The molecule has 6 heterocycles. The van der Waals surface area contributed by atoms with Crippen LogP contribution in [0.5, 0.6) is 0 Å². The maximum atomic E-state index is 6.55. The molecule has 0 amide bonds. The highest BCUT2D eigenvalue weighted by atomic mass is 16.3. The van der Waals surface area contributed by atoms with Gasteiger partial charge in [0.15, 0.2) is 0 Å². The number of fused-ring (bicyclic) bond motifs is 19. The van der Waals surface area contributed by atoms with Gasteiger partial charge in [-0.2, -0.15) is 0 Å². The molecule has 5 heteroatoms. The van der Waals surface area contributed by atoms with Crippen molar-refractivity contribution < 1.29 is 4.42 Å². The molecule has 0 radical (unpaired) electrons. The Bertz CT molecular complexity index is 4690. The van der Waals surface area contributed by atoms with Crippen molar-refractivity contribution in [3.63, 3.8) is 0 Å². The number of benzene rings is 10. The van der Waals surface area contributed by atoms with Gasteiger partial charge in [-0.1, -0.05) is 127 Å². The summed E-state index contributed by atoms with van der Waals surface area (Å²) in [5.41, 5.74) is 18.4. The second-order valence-electron chi connectivity index (χ2n) is 17.6. The standard InChI is InChI=1S/C60H34N4O/c1-3-15-36(16-4-1)61-47-24-10-7-19-38(47)42-31-32-49-55(58(42)61)44-23-14-27-51-57(44)63(49)50-26-13-22-41-46-34-45(35-29-30-40-39-20-9-12-28-52(39)65-53(40)33-35)54-43-21-8-11-25-48(43)62(37-17-5-2-6-18-37)60(54)59(46)64(51)56(41)50/h1-34H. The van der Waals surface area contributed by atoms with Crippen LogP contribution in [0.25, 0.3) is 143 Å². The summed E-state index contributed by atoms with van der Waals surface area (Å²) in [6.07, 6.45) is 0. The highest BCUT2D eigenvalue weighted by Gasteiger charge is 2.28. The second-order valence-corrected chi connectivity index (χ2v) is 17.6. The van der Waals surface area contributed by atoms with E-state index in [9.17, 15) is 0 Å². The fraction of sp³-hybridized carbons (Fsp3) is 0. The van der Waals surface area contributed by atoms with Gasteiger partial charge >= 0.3 is 0 Å². The minimum absolute atomic E-state index is 0.893. The van der Waals surface area contributed by atoms with Crippen LogP contribution in [0.1, 0.15) is 0 Å². The summed E-state index contributed by atoms with van der Waals surface area (Å²) >= 11 is 0. The van der Waals surface area contributed by atoms with Crippen molar-refractivity contribution in [3.05, 3.63) is 206 Å². The average Bonchev–Trinajstić information content (AvgIpc) is 4.17. The largest absolute Gasteiger partial charge is 0.456 e. The van der Waals surface area contributed by atoms with Crippen LogP contribution in [0.3, 0.4) is 0 Å². The Morgan fingerprint density at radius 1 is 0.277 bits per heavy atom. The maximum Gasteiger partial charge on any atom is 0.136 e. The predicted molar refractivity (Wildman–Crippen MR) is 271 cm³/mol. The minimum Gasteiger partial charge on any atom is -0.456 e. The Hall–Kier alpha value is -8.80. The van der Waals surface area contributed by atoms with Crippen molar-refractivity contribution >= 4 is 120 Å². The highest BCUT2D eigenvalue weighted by Crippen LogP contribution is 2.49. The number of para-hydroxylation sites is 7. The molecule has 6 aromatic heterocycles. The van der Waals surface area contributed by atoms with Crippen molar-refractivity contribution in [2.45, 2.75) is 0 Å². The molecule has 5 nitrogen and oxygen atoms in total. The zero-order chi connectivity index (χ0) is 42.1. The molecule has 0 saturated heterocycles. The molecule has 0 atom stereocenters. The van der Waals surface area contributed by atoms with E-state index in [1.54, 1.807) is 0 Å². The van der Waals surface area contributed by atoms with E-state index in [-0.39, 0.29) is 0 Å². The van der Waals surface area contributed by atoms with E-state index >= 15 is 0 Å². The van der Waals surface area contributed by atoms with Gasteiger partial charge in [-0.3, -0.25) is 0 Å². The van der Waals surface area contributed by atoms with Crippen LogP contribution in [0.2, 0.25) is 0 Å². The van der Waals surface area contributed by atoms with Crippen LogP contribution in [-0.2, 0) is 0 Å². The van der Waals surface area contributed by atoms with E-state index in [4.69, 9.17) is 4.42 Å². The minimum atomic E-state index is 0.893. The van der Waals surface area contributed by atoms with Crippen molar-refractivity contribution in [1.82, 2.24) is 17.9 Å². The molecule has 0 spiro atoms. The Morgan fingerprint density at radius 2 is 0.831 bits per heavy atom. The van der Waals surface area contributed by atoms with E-state index in [2.05, 4.69) is 218 Å². The fourth-order valence-corrected chi connectivity index (χ4v) is 11.9. The van der Waals surface area contributed by atoms with Gasteiger partial charge in [0.1, 0.15) is 11.2 Å². The quantitative estimate of drug-likeness (QED) is 0.163. The van der Waals surface area contributed by atoms with Crippen molar-refractivity contribution in [2.75, 3.05) is 0 Å². The molecule has 0 N–H and O–H groups in total. The molecule has 16 aromatic rings. The smallest absolute Gasteiger partial charge is 0.136 e. The number of nitrogens with zero attached hydrogens (tertiary/aromatic N) is 4. The van der Waals surface area contributed by atoms with Gasteiger partial charge in [-0.05, 0) is 90.0 Å². The molecule has 0 aliphatic rings. The molecule has 10 aromatic carbocycles. The summed E-state index contributed by atoms with van der Waals surface area (Å²) in [6, 6.07) is 75.6. The van der Waals surface area contributed by atoms with Gasteiger partial charge in [0, 0.05) is 65.2 Å². The van der Waals surface area contributed by atoms with Crippen LogP contribution in [0.15, 0.2) is 211 Å². The topological polar surface area (TPSA) is 31.8 Å². The van der Waals surface area contributed by atoms with Crippen LogP contribution >= 0.6 is 0 Å². The van der Waals surface area contributed by atoms with Gasteiger partial charge in [-0.15, -0.1) is 0 Å². The first kappa shape index (κ1) is 33.8. The number of furan rings is 1. The van der Waals surface area contributed by atoms with Crippen molar-refractivity contribution in [2.24, 2.45) is 0 Å². The number of aromatic nitrogens is 4. The first-order valence-electron chi connectivity index (χ1n) is 22.4. The molecule has 0 saturated carbocycles. The van der Waals surface area contributed by atoms with E-state index in [1.807, 2.05) is 6.07 Å². The van der Waals surface area contributed by atoms with E-state index in [0.717, 1.165) is 38.9 Å². The molecule has 0 aliphatic heterocycles. The van der Waals surface area contributed by atoms with Gasteiger partial charge in [0.25, 0.3) is 0 Å². The molecule has 65 heavy (non-hydrogen) atoms. The van der Waals surface area contributed by atoms with Gasteiger partial charge in [-0.25, -0.2) is 0 Å². The zero-order valence-corrected chi connectivity index (χ0v) is 34.8. The van der Waals surface area contributed by atoms with Crippen molar-refractivity contribution in [3.8, 4) is 22.5 Å². The Balaban J connectivity index is 1.13. The van der Waals surface area contributed by atoms with Gasteiger partial charge in [0.2, 0.25) is 0 Å². The molecular weight excluding hydrogens is 793 g/mol. The summed E-state index contributed by atoms with van der Waals surface area (Å²) in [7, 11) is 0. The van der Waals surface area contributed by atoms with Crippen LogP contribution in [0.4, 0.5) is 0 Å². The number of hydrogen-bond acceptors (Lipinski definition) is 1. The first-order chi connectivity index (χ1) is 32.3. The lowest BCUT2D eigenvalue weighted by molar-refractivity contribution is 0.669. The summed E-state index contributed by atoms with van der Waals surface area (Å²) in [5, 5.41) is 12.2. The van der Waals surface area contributed by atoms with Gasteiger partial charge < -0.3 is 22.4 Å². The fourth-order valence-electron chi connectivity index (χ4n) is 11.9. The number of rotatable bonds is 3. The highest BCUT2D eigenvalue weighted by molar-refractivity contribution is 6.33. The molecule has 0 fully saturated rings. The third-order valence-corrected chi connectivity index (χ3v) is 14.4. The normalized spacial score (nSPS) is 12.6. The monoisotopic (exact) mass is 826 g/mol. The number of hydrogen-bond donors (Lipinski definition) is 0. The third-order valence-electron chi connectivity index (χ3n) is 14.4. The summed E-state index contributed by atoms with van der Waals surface area (Å²) < 4.78 is 16.7. The Labute approximate surface area is 369 Å². The molecule has 0 bridgehead atoms. The predicted octanol–water partition coefficient (Wildman–Crippen LogP) is 16.0. The lowest BCUT2D eigenvalue weighted by atomic mass is 9.96. The molecule has 16 rings (SSSR count). The third kappa shape index (κ3) is 4.14. The van der Waals surface area contributed by atoms with Crippen LogP contribution in [0, 0.1) is 0 Å². The van der Waals surface area contributed by atoms with E-state index in [1.165, 1.54) is 104 Å². The Morgan fingerprint density at radius 3 is 1.62 bits per heavy atom. The average molecular weight is 827 g/mol. The Kier molecular flexibility index (Phi) is 6.24.